The minimum atomic E-state index is 0.534. The van der Waals surface area contributed by atoms with Gasteiger partial charge in [-0.25, -0.2) is 0 Å². The number of hydrogen-bond donors (Lipinski definition) is 0. The van der Waals surface area contributed by atoms with Crippen molar-refractivity contribution in [2.75, 3.05) is 0 Å². The van der Waals surface area contributed by atoms with Crippen LogP contribution in [0, 0.1) is 12.3 Å². The lowest BCUT2D eigenvalue weighted by molar-refractivity contribution is 0.308. The summed E-state index contributed by atoms with van der Waals surface area (Å²) in [5, 5.41) is 0. The number of aryl methyl sites for hydroxylation is 3. The van der Waals surface area contributed by atoms with Crippen molar-refractivity contribution < 1.29 is 0 Å². The van der Waals surface area contributed by atoms with Crippen LogP contribution in [-0.4, -0.2) is 3.42 Å². The van der Waals surface area contributed by atoms with Gasteiger partial charge in [0.1, 0.15) is 0 Å². The Morgan fingerprint density at radius 2 is 1.65 bits per heavy atom. The van der Waals surface area contributed by atoms with Gasteiger partial charge in [0.25, 0.3) is 0 Å². The van der Waals surface area contributed by atoms with E-state index in [-0.39, 0.29) is 0 Å². The molecule has 1 aliphatic rings. The van der Waals surface area contributed by atoms with Crippen molar-refractivity contribution in [2.45, 2.75) is 115 Å². The maximum atomic E-state index is 2.68. The minimum Gasteiger partial charge on any atom is -0.0789 e. The summed E-state index contributed by atoms with van der Waals surface area (Å²) in [6.45, 7) is 9.42. The third-order valence-corrected chi connectivity index (χ3v) is 8.17. The fourth-order valence-corrected chi connectivity index (χ4v) is 4.41. The first-order valence-electron chi connectivity index (χ1n) is 11.1. The van der Waals surface area contributed by atoms with E-state index in [0.717, 1.165) is 0 Å². The number of unbranched alkanes of at least 4 members (excludes halogenated alkanes) is 4. The quantitative estimate of drug-likeness (QED) is 0.154. The second kappa shape index (κ2) is 10.5. The molecule has 0 saturated heterocycles. The largest absolute Gasteiger partial charge is 0.0789 e. The van der Waals surface area contributed by atoms with Crippen LogP contribution < -0.4 is 0 Å². The van der Waals surface area contributed by atoms with E-state index in [4.69, 9.17) is 0 Å². The Hall–Kier alpha value is -0.0500. The molecule has 0 spiro atoms. The van der Waals surface area contributed by atoms with Gasteiger partial charge in [0.15, 0.2) is 0 Å². The zero-order valence-electron chi connectivity index (χ0n) is 17.8. The summed E-state index contributed by atoms with van der Waals surface area (Å²) in [5.41, 5.74) is 5.18. The Balaban J connectivity index is 1.65. The van der Waals surface area contributed by atoms with Gasteiger partial charge in [0, 0.05) is 3.42 Å². The highest BCUT2D eigenvalue weighted by atomic mass is 127. The number of rotatable bonds is 13. The zero-order chi connectivity index (χ0) is 19.0. The first-order chi connectivity index (χ1) is 12.3. The molecule has 148 valence electrons. The van der Waals surface area contributed by atoms with E-state index in [1.807, 2.05) is 0 Å². The van der Waals surface area contributed by atoms with E-state index >= 15 is 0 Å². The van der Waals surface area contributed by atoms with E-state index in [1.165, 1.54) is 89.0 Å². The molecule has 1 aromatic rings. The molecule has 1 saturated carbocycles. The van der Waals surface area contributed by atoms with Crippen LogP contribution in [0.3, 0.4) is 0 Å². The Bertz CT molecular complexity index is 539. The van der Waals surface area contributed by atoms with Crippen molar-refractivity contribution in [3.63, 3.8) is 0 Å². The normalized spacial score (nSPS) is 16.0. The van der Waals surface area contributed by atoms with E-state index in [2.05, 4.69) is 68.5 Å². The predicted octanol–water partition coefficient (Wildman–Crippen LogP) is 8.60. The molecular weight excluding hydrogens is 427 g/mol. The van der Waals surface area contributed by atoms with E-state index < -0.39 is 0 Å². The van der Waals surface area contributed by atoms with Gasteiger partial charge < -0.3 is 0 Å². The molecule has 0 atom stereocenters. The second-order valence-corrected chi connectivity index (χ2v) is 11.8. The first-order valence-corrected chi connectivity index (χ1v) is 12.2. The summed E-state index contributed by atoms with van der Waals surface area (Å²) in [7, 11) is 0. The van der Waals surface area contributed by atoms with Gasteiger partial charge in [-0.1, -0.05) is 93.7 Å². The molecule has 26 heavy (non-hydrogen) atoms. The fraction of sp³-hybridized carbons (Fsp3) is 0.760. The maximum absolute atomic E-state index is 2.68. The first kappa shape index (κ1) is 22.2. The van der Waals surface area contributed by atoms with Gasteiger partial charge in [-0.2, -0.15) is 0 Å². The topological polar surface area (TPSA) is 0 Å². The molecule has 0 heterocycles. The number of benzene rings is 1. The Morgan fingerprint density at radius 3 is 2.35 bits per heavy atom. The molecule has 0 bridgehead atoms. The van der Waals surface area contributed by atoms with Crippen LogP contribution in [0.4, 0.5) is 0 Å². The molecular formula is C25H41I. The SMILES string of the molecule is CCC(C)(C)CCCCCc1cc(CCCCCC2(I)CC2)ccc1C. The summed E-state index contributed by atoms with van der Waals surface area (Å²) in [4.78, 5) is 0. The number of hydrogen-bond acceptors (Lipinski definition) is 0. The van der Waals surface area contributed by atoms with E-state index in [9.17, 15) is 0 Å². The summed E-state index contributed by atoms with van der Waals surface area (Å²) < 4.78 is 0.709. The van der Waals surface area contributed by atoms with Crippen LogP contribution in [0.5, 0.6) is 0 Å². The highest BCUT2D eigenvalue weighted by Gasteiger charge is 2.38. The third-order valence-electron chi connectivity index (χ3n) is 6.55. The van der Waals surface area contributed by atoms with Crippen LogP contribution in [0.25, 0.3) is 0 Å². The van der Waals surface area contributed by atoms with Crippen LogP contribution >= 0.6 is 22.6 Å². The van der Waals surface area contributed by atoms with Crippen molar-refractivity contribution in [1.29, 1.82) is 0 Å². The van der Waals surface area contributed by atoms with E-state index in [0.29, 0.717) is 8.84 Å². The van der Waals surface area contributed by atoms with Gasteiger partial charge in [-0.3, -0.25) is 0 Å². The second-order valence-electron chi connectivity index (χ2n) is 9.55. The zero-order valence-corrected chi connectivity index (χ0v) is 20.0. The molecule has 1 aliphatic carbocycles. The van der Waals surface area contributed by atoms with Crippen molar-refractivity contribution in [2.24, 2.45) is 5.41 Å². The maximum Gasteiger partial charge on any atom is 0.0223 e. The molecule has 2 rings (SSSR count). The summed E-state index contributed by atoms with van der Waals surface area (Å²) in [6.07, 6.45) is 17.9. The molecule has 0 amide bonds. The van der Waals surface area contributed by atoms with Crippen LogP contribution in [-0.2, 0) is 12.8 Å². The number of alkyl halides is 1. The molecule has 1 fully saturated rings. The van der Waals surface area contributed by atoms with Crippen molar-refractivity contribution in [1.82, 2.24) is 0 Å². The Labute approximate surface area is 177 Å². The summed E-state index contributed by atoms with van der Waals surface area (Å²) in [6, 6.07) is 7.23. The van der Waals surface area contributed by atoms with Crippen LogP contribution in [0.2, 0.25) is 0 Å². The number of halogens is 1. The van der Waals surface area contributed by atoms with Gasteiger partial charge in [-0.15, -0.1) is 0 Å². The van der Waals surface area contributed by atoms with Crippen molar-refractivity contribution in [3.05, 3.63) is 34.9 Å². The molecule has 0 N–H and O–H groups in total. The van der Waals surface area contributed by atoms with Crippen molar-refractivity contribution >= 4 is 22.6 Å². The average molecular weight is 469 g/mol. The minimum absolute atomic E-state index is 0.534. The Morgan fingerprint density at radius 1 is 0.962 bits per heavy atom. The molecule has 0 nitrogen and oxygen atoms in total. The summed E-state index contributed by atoms with van der Waals surface area (Å²) >= 11 is 2.68. The van der Waals surface area contributed by atoms with E-state index in [1.54, 1.807) is 11.1 Å². The summed E-state index contributed by atoms with van der Waals surface area (Å²) in [5.74, 6) is 0. The van der Waals surface area contributed by atoms with Crippen LogP contribution in [0.1, 0.15) is 108 Å². The molecule has 1 heteroatoms. The van der Waals surface area contributed by atoms with Gasteiger partial charge in [0.2, 0.25) is 0 Å². The van der Waals surface area contributed by atoms with Crippen LogP contribution in [0.15, 0.2) is 18.2 Å². The lowest BCUT2D eigenvalue weighted by Gasteiger charge is -2.22. The standard InChI is InChI=1S/C25H41I/c1-5-24(3,4)16-10-7-9-13-23-20-22(15-14-21(23)2)12-8-6-11-17-25(26)18-19-25/h14-15,20H,5-13,16-19H2,1-4H3. The lowest BCUT2D eigenvalue weighted by Crippen LogP contribution is -2.08. The van der Waals surface area contributed by atoms with Gasteiger partial charge in [0.05, 0.1) is 0 Å². The molecule has 0 unspecified atom stereocenters. The fourth-order valence-electron chi connectivity index (χ4n) is 3.76. The molecule has 1 aromatic carbocycles. The Kier molecular flexibility index (Phi) is 8.97. The predicted molar refractivity (Wildman–Crippen MR) is 126 cm³/mol. The highest BCUT2D eigenvalue weighted by Crippen LogP contribution is 2.48. The lowest BCUT2D eigenvalue weighted by atomic mass is 9.84. The highest BCUT2D eigenvalue weighted by molar-refractivity contribution is 14.1. The monoisotopic (exact) mass is 468 g/mol. The van der Waals surface area contributed by atoms with Gasteiger partial charge in [-0.05, 0) is 80.4 Å². The average Bonchev–Trinajstić information content (AvgIpc) is 3.34. The molecule has 0 aliphatic heterocycles. The third kappa shape index (κ3) is 8.31. The van der Waals surface area contributed by atoms with Crippen molar-refractivity contribution in [3.8, 4) is 0 Å². The molecule has 0 aromatic heterocycles. The van der Waals surface area contributed by atoms with Gasteiger partial charge >= 0.3 is 0 Å². The molecule has 0 radical (unpaired) electrons. The smallest absolute Gasteiger partial charge is 0.0223 e.